The first-order chi connectivity index (χ1) is 8.30. The number of nitrogen functional groups attached to an aromatic ring is 1. The van der Waals surface area contributed by atoms with Crippen LogP contribution in [-0.2, 0) is 6.18 Å². The third-order valence-electron chi connectivity index (χ3n) is 2.82. The summed E-state index contributed by atoms with van der Waals surface area (Å²) in [6, 6.07) is 6.12. The van der Waals surface area contributed by atoms with Crippen LogP contribution in [0.15, 0.2) is 24.3 Å². The zero-order valence-electron chi connectivity index (χ0n) is 10.0. The number of pyridine rings is 1. The van der Waals surface area contributed by atoms with Gasteiger partial charge in [-0.2, -0.15) is 13.2 Å². The van der Waals surface area contributed by atoms with E-state index in [0.29, 0.717) is 10.9 Å². The van der Waals surface area contributed by atoms with Crippen molar-refractivity contribution in [3.05, 3.63) is 35.5 Å². The maximum Gasteiger partial charge on any atom is 0.433 e. The van der Waals surface area contributed by atoms with Crippen molar-refractivity contribution in [2.45, 2.75) is 25.9 Å². The van der Waals surface area contributed by atoms with Gasteiger partial charge < -0.3 is 5.73 Å². The number of benzene rings is 1. The third kappa shape index (κ3) is 2.12. The number of alkyl halides is 3. The molecule has 0 aliphatic carbocycles. The fourth-order valence-corrected chi connectivity index (χ4v) is 1.91. The van der Waals surface area contributed by atoms with Crippen LogP contribution in [-0.4, -0.2) is 4.98 Å². The molecule has 1 aromatic heterocycles. The number of hydrogen-bond donors (Lipinski definition) is 1. The lowest BCUT2D eigenvalue weighted by molar-refractivity contribution is -0.140. The van der Waals surface area contributed by atoms with Crippen LogP contribution in [0, 0.1) is 0 Å². The Morgan fingerprint density at radius 1 is 1.22 bits per heavy atom. The molecule has 18 heavy (non-hydrogen) atoms. The summed E-state index contributed by atoms with van der Waals surface area (Å²) < 4.78 is 38.1. The molecule has 2 rings (SSSR count). The van der Waals surface area contributed by atoms with Gasteiger partial charge in [-0.25, -0.2) is 4.98 Å². The first-order valence-electron chi connectivity index (χ1n) is 5.57. The van der Waals surface area contributed by atoms with E-state index in [4.69, 9.17) is 5.73 Å². The molecular weight excluding hydrogens is 241 g/mol. The van der Waals surface area contributed by atoms with Crippen LogP contribution in [0.25, 0.3) is 10.9 Å². The lowest BCUT2D eigenvalue weighted by Gasteiger charge is -2.13. The number of fused-ring (bicyclic) bond motifs is 1. The van der Waals surface area contributed by atoms with E-state index in [1.54, 1.807) is 18.2 Å². The molecule has 0 unspecified atom stereocenters. The quantitative estimate of drug-likeness (QED) is 0.836. The topological polar surface area (TPSA) is 38.9 Å². The van der Waals surface area contributed by atoms with Crippen molar-refractivity contribution < 1.29 is 13.2 Å². The molecule has 5 heteroatoms. The summed E-state index contributed by atoms with van der Waals surface area (Å²) in [7, 11) is 0. The molecule has 1 aromatic carbocycles. The van der Waals surface area contributed by atoms with E-state index in [1.807, 2.05) is 13.8 Å². The minimum atomic E-state index is -4.48. The summed E-state index contributed by atoms with van der Waals surface area (Å²) in [5.41, 5.74) is 5.95. The molecule has 96 valence electrons. The number of rotatable bonds is 1. The smallest absolute Gasteiger partial charge is 0.398 e. The van der Waals surface area contributed by atoms with Gasteiger partial charge in [-0.1, -0.05) is 32.0 Å². The second kappa shape index (κ2) is 4.15. The van der Waals surface area contributed by atoms with Crippen LogP contribution >= 0.6 is 0 Å². The van der Waals surface area contributed by atoms with Crippen LogP contribution in [0.2, 0.25) is 0 Å². The number of nitrogens with zero attached hydrogens (tertiary/aromatic N) is 1. The first kappa shape index (κ1) is 12.7. The van der Waals surface area contributed by atoms with Gasteiger partial charge in [0.15, 0.2) is 0 Å². The molecule has 0 aliphatic heterocycles. The fourth-order valence-electron chi connectivity index (χ4n) is 1.91. The average molecular weight is 254 g/mol. The van der Waals surface area contributed by atoms with Crippen molar-refractivity contribution in [1.29, 1.82) is 0 Å². The van der Waals surface area contributed by atoms with E-state index >= 15 is 0 Å². The number of nitrogens with two attached hydrogens (primary N) is 1. The van der Waals surface area contributed by atoms with Gasteiger partial charge in [0, 0.05) is 11.1 Å². The van der Waals surface area contributed by atoms with E-state index in [9.17, 15) is 13.2 Å². The molecule has 0 aliphatic rings. The number of halogens is 3. The molecule has 0 saturated carbocycles. The highest BCUT2D eigenvalue weighted by molar-refractivity contribution is 5.92. The largest absolute Gasteiger partial charge is 0.433 e. The number of aromatic nitrogens is 1. The molecule has 2 N–H and O–H groups in total. The Morgan fingerprint density at radius 2 is 1.89 bits per heavy atom. The van der Waals surface area contributed by atoms with E-state index in [2.05, 4.69) is 4.98 Å². The minimum absolute atomic E-state index is 0.0871. The first-order valence-corrected chi connectivity index (χ1v) is 5.57. The van der Waals surface area contributed by atoms with E-state index in [0.717, 1.165) is 11.6 Å². The van der Waals surface area contributed by atoms with Crippen LogP contribution in [0.4, 0.5) is 18.9 Å². The lowest BCUT2D eigenvalue weighted by Crippen LogP contribution is -2.10. The van der Waals surface area contributed by atoms with Crippen molar-refractivity contribution in [3.8, 4) is 0 Å². The Morgan fingerprint density at radius 3 is 2.44 bits per heavy atom. The van der Waals surface area contributed by atoms with Crippen LogP contribution in [0.5, 0.6) is 0 Å². The summed E-state index contributed by atoms with van der Waals surface area (Å²) in [5, 5.41) is 0.564. The van der Waals surface area contributed by atoms with Crippen LogP contribution in [0.3, 0.4) is 0 Å². The standard InChI is InChI=1S/C13H13F3N2/c1-7(2)8-4-3-5-9-10(17)6-11(13(14,15)16)18-12(8)9/h3-7H,1-2H3,(H2,17,18). The predicted molar refractivity (Wildman–Crippen MR) is 65.2 cm³/mol. The highest BCUT2D eigenvalue weighted by atomic mass is 19.4. The molecule has 0 bridgehead atoms. The number of hydrogen-bond acceptors (Lipinski definition) is 2. The fraction of sp³-hybridized carbons (Fsp3) is 0.308. The molecule has 0 fully saturated rings. The third-order valence-corrected chi connectivity index (χ3v) is 2.82. The molecule has 0 saturated heterocycles. The van der Waals surface area contributed by atoms with Gasteiger partial charge in [0.1, 0.15) is 5.69 Å². The summed E-state index contributed by atoms with van der Waals surface area (Å²) in [5.74, 6) is 0.0871. The van der Waals surface area contributed by atoms with Gasteiger partial charge in [-0.15, -0.1) is 0 Å². The van der Waals surface area contributed by atoms with Crippen molar-refractivity contribution in [3.63, 3.8) is 0 Å². The summed E-state index contributed by atoms with van der Waals surface area (Å²) in [6.07, 6.45) is -4.48. The molecule has 2 aromatic rings. The molecule has 2 nitrogen and oxygen atoms in total. The minimum Gasteiger partial charge on any atom is -0.398 e. The van der Waals surface area contributed by atoms with E-state index in [1.165, 1.54) is 0 Å². The zero-order valence-corrected chi connectivity index (χ0v) is 10.0. The second-order valence-electron chi connectivity index (χ2n) is 4.49. The van der Waals surface area contributed by atoms with Gasteiger partial charge in [0.05, 0.1) is 5.52 Å². The Kier molecular flexibility index (Phi) is 2.92. The molecule has 0 spiro atoms. The molecule has 0 atom stereocenters. The van der Waals surface area contributed by atoms with Gasteiger partial charge in [0.2, 0.25) is 0 Å². The molecular formula is C13H13F3N2. The molecule has 1 heterocycles. The monoisotopic (exact) mass is 254 g/mol. The van der Waals surface area contributed by atoms with Crippen LogP contribution in [0.1, 0.15) is 31.0 Å². The Hall–Kier alpha value is -1.78. The zero-order chi connectivity index (χ0) is 13.5. The highest BCUT2D eigenvalue weighted by Gasteiger charge is 2.33. The number of para-hydroxylation sites is 1. The second-order valence-corrected chi connectivity index (χ2v) is 4.49. The maximum atomic E-state index is 12.7. The lowest BCUT2D eigenvalue weighted by atomic mass is 9.99. The normalized spacial score (nSPS) is 12.3. The van der Waals surface area contributed by atoms with Gasteiger partial charge in [0.25, 0.3) is 0 Å². The summed E-state index contributed by atoms with van der Waals surface area (Å²) >= 11 is 0. The SMILES string of the molecule is CC(C)c1cccc2c(N)cc(C(F)(F)F)nc12. The Labute approximate surface area is 103 Å². The molecule has 0 radical (unpaired) electrons. The Balaban J connectivity index is 2.81. The number of anilines is 1. The van der Waals surface area contributed by atoms with Crippen molar-refractivity contribution in [2.75, 3.05) is 5.73 Å². The van der Waals surface area contributed by atoms with Crippen LogP contribution < -0.4 is 5.73 Å². The van der Waals surface area contributed by atoms with Gasteiger partial charge in [-0.3, -0.25) is 0 Å². The van der Waals surface area contributed by atoms with Crippen molar-refractivity contribution in [1.82, 2.24) is 4.98 Å². The van der Waals surface area contributed by atoms with Crippen molar-refractivity contribution in [2.24, 2.45) is 0 Å². The van der Waals surface area contributed by atoms with E-state index < -0.39 is 11.9 Å². The highest BCUT2D eigenvalue weighted by Crippen LogP contribution is 2.34. The van der Waals surface area contributed by atoms with E-state index in [-0.39, 0.29) is 11.6 Å². The van der Waals surface area contributed by atoms with Gasteiger partial charge >= 0.3 is 6.18 Å². The average Bonchev–Trinajstić information content (AvgIpc) is 2.26. The summed E-state index contributed by atoms with van der Waals surface area (Å²) in [4.78, 5) is 3.72. The Bertz CT molecular complexity index is 589. The predicted octanol–water partition coefficient (Wildman–Crippen LogP) is 3.96. The summed E-state index contributed by atoms with van der Waals surface area (Å²) in [6.45, 7) is 3.82. The van der Waals surface area contributed by atoms with Gasteiger partial charge in [-0.05, 0) is 17.5 Å². The van der Waals surface area contributed by atoms with Crippen molar-refractivity contribution >= 4 is 16.6 Å². The maximum absolute atomic E-state index is 12.7. The molecule has 0 amide bonds.